The molecule has 1 amide bonds. The second kappa shape index (κ2) is 8.05. The van der Waals surface area contributed by atoms with E-state index in [0.717, 1.165) is 0 Å². The van der Waals surface area contributed by atoms with Crippen molar-refractivity contribution in [2.45, 2.75) is 6.54 Å². The first-order valence-electron chi connectivity index (χ1n) is 8.51. The number of halogens is 2. The second-order valence-corrected chi connectivity index (χ2v) is 7.82. The van der Waals surface area contributed by atoms with Crippen LogP contribution in [-0.4, -0.2) is 30.9 Å². The van der Waals surface area contributed by atoms with Gasteiger partial charge in [0.15, 0.2) is 11.6 Å². The zero-order valence-electron chi connectivity index (χ0n) is 15.1. The van der Waals surface area contributed by atoms with E-state index in [2.05, 4.69) is 25.6 Å². The average molecular weight is 446 g/mol. The van der Waals surface area contributed by atoms with Gasteiger partial charge in [-0.15, -0.1) is 16.4 Å². The number of aromatic nitrogens is 5. The lowest BCUT2D eigenvalue weighted by atomic mass is 10.1. The fraction of sp³-hybridized carbons (Fsp3) is 0.0556. The van der Waals surface area contributed by atoms with E-state index in [1.807, 2.05) is 0 Å². The summed E-state index contributed by atoms with van der Waals surface area (Å²) < 4.78 is 16.2. The number of benzene rings is 1. The van der Waals surface area contributed by atoms with Crippen molar-refractivity contribution < 1.29 is 9.18 Å². The van der Waals surface area contributed by atoms with Crippen molar-refractivity contribution >= 4 is 34.7 Å². The summed E-state index contributed by atoms with van der Waals surface area (Å²) in [5.74, 6) is -1.52. The van der Waals surface area contributed by atoms with Crippen molar-refractivity contribution in [1.29, 1.82) is 0 Å². The fourth-order valence-corrected chi connectivity index (χ4v) is 3.62. The van der Waals surface area contributed by atoms with Crippen LogP contribution in [0.2, 0.25) is 4.34 Å². The van der Waals surface area contributed by atoms with E-state index in [1.165, 1.54) is 16.0 Å². The molecule has 0 atom stereocenters. The van der Waals surface area contributed by atoms with Crippen LogP contribution in [0.1, 0.15) is 15.4 Å². The van der Waals surface area contributed by atoms with Gasteiger partial charge in [-0.3, -0.25) is 4.79 Å². The number of aromatic amines is 1. The highest BCUT2D eigenvalue weighted by atomic mass is 35.5. The maximum Gasteiger partial charge on any atom is 0.347 e. The first kappa shape index (κ1) is 19.7. The van der Waals surface area contributed by atoms with Crippen molar-refractivity contribution in [3.05, 3.63) is 73.8 Å². The molecule has 0 bridgehead atoms. The van der Waals surface area contributed by atoms with Gasteiger partial charge >= 0.3 is 5.69 Å². The number of thiophene rings is 1. The number of nitrogens with one attached hydrogen (secondary N) is 2. The Labute approximate surface area is 177 Å². The molecular weight excluding hydrogens is 433 g/mol. The van der Waals surface area contributed by atoms with Gasteiger partial charge in [0.05, 0.1) is 33.3 Å². The predicted octanol–water partition coefficient (Wildman–Crippen LogP) is 2.38. The van der Waals surface area contributed by atoms with E-state index in [9.17, 15) is 14.0 Å². The Balaban J connectivity index is 1.47. The molecule has 0 spiro atoms. The van der Waals surface area contributed by atoms with Crippen molar-refractivity contribution in [3.63, 3.8) is 0 Å². The minimum absolute atomic E-state index is 0.0466. The molecular formula is C18H13ClFN7O2S. The van der Waals surface area contributed by atoms with Gasteiger partial charge in [0.25, 0.3) is 5.91 Å². The van der Waals surface area contributed by atoms with Crippen LogP contribution in [0.15, 0.2) is 47.4 Å². The lowest BCUT2D eigenvalue weighted by Gasteiger charge is -2.06. The zero-order chi connectivity index (χ0) is 21.3. The molecule has 12 heteroatoms. The quantitative estimate of drug-likeness (QED) is 0.432. The van der Waals surface area contributed by atoms with Crippen LogP contribution in [0.3, 0.4) is 0 Å². The van der Waals surface area contributed by atoms with Gasteiger partial charge in [0, 0.05) is 5.56 Å². The molecule has 0 saturated heterocycles. The molecule has 1 aromatic carbocycles. The summed E-state index contributed by atoms with van der Waals surface area (Å²) in [6.45, 7) is 0.190. The summed E-state index contributed by atoms with van der Waals surface area (Å²) in [5, 5.41) is 10.8. The minimum atomic E-state index is -0.798. The highest BCUT2D eigenvalue weighted by Gasteiger charge is 2.13. The Morgan fingerprint density at radius 1 is 1.27 bits per heavy atom. The molecule has 0 aliphatic heterocycles. The molecule has 4 aromatic rings. The Hall–Kier alpha value is -3.57. The van der Waals surface area contributed by atoms with Gasteiger partial charge in [-0.25, -0.2) is 13.9 Å². The Bertz CT molecular complexity index is 1280. The minimum Gasteiger partial charge on any atom is -0.381 e. The van der Waals surface area contributed by atoms with E-state index < -0.39 is 17.3 Å². The summed E-state index contributed by atoms with van der Waals surface area (Å²) in [7, 11) is 0. The number of amides is 1. The summed E-state index contributed by atoms with van der Waals surface area (Å²) in [6.07, 6.45) is 1.66. The third-order valence-electron chi connectivity index (χ3n) is 4.09. The molecule has 0 aliphatic carbocycles. The maximum atomic E-state index is 14.1. The summed E-state index contributed by atoms with van der Waals surface area (Å²) in [6, 6.07) is 9.86. The number of nitrogens with two attached hydrogens (primary N) is 1. The van der Waals surface area contributed by atoms with Crippen LogP contribution < -0.4 is 16.7 Å². The maximum absolute atomic E-state index is 14.1. The molecule has 0 unspecified atom stereocenters. The van der Waals surface area contributed by atoms with Crippen molar-refractivity contribution in [1.82, 2.24) is 30.3 Å². The van der Waals surface area contributed by atoms with Crippen LogP contribution in [0.4, 0.5) is 10.2 Å². The van der Waals surface area contributed by atoms with Gasteiger partial charge in [-0.2, -0.15) is 4.98 Å². The third-order valence-corrected chi connectivity index (χ3v) is 5.32. The monoisotopic (exact) mass is 445 g/mol. The molecule has 9 nitrogen and oxygen atoms in total. The van der Waals surface area contributed by atoms with Gasteiger partial charge in [-0.1, -0.05) is 28.9 Å². The largest absolute Gasteiger partial charge is 0.381 e. The Morgan fingerprint density at radius 2 is 2.03 bits per heavy atom. The lowest BCUT2D eigenvalue weighted by Crippen LogP contribution is -2.21. The Kier molecular flexibility index (Phi) is 5.29. The van der Waals surface area contributed by atoms with Crippen LogP contribution >= 0.6 is 22.9 Å². The standard InChI is InChI=1S/C18H13ClFN7O2S/c19-13-6-5-12(30-13)17(28)22-7-10-8-27(26-25-10)11-3-1-9(2-4-11)15-14(20)16(21)24-18(29)23-15/h1-6,8H,7H2,(H,22,28)(H3,21,23,24,29). The van der Waals surface area contributed by atoms with Gasteiger partial charge in [0.2, 0.25) is 0 Å². The smallest absolute Gasteiger partial charge is 0.347 e. The molecule has 3 heterocycles. The zero-order valence-corrected chi connectivity index (χ0v) is 16.7. The molecule has 30 heavy (non-hydrogen) atoms. The summed E-state index contributed by atoms with van der Waals surface area (Å²) in [4.78, 5) is 29.7. The second-order valence-electron chi connectivity index (χ2n) is 6.10. The number of carbonyl (C=O) groups is 1. The van der Waals surface area contributed by atoms with E-state index >= 15 is 0 Å². The van der Waals surface area contributed by atoms with E-state index in [-0.39, 0.29) is 18.1 Å². The van der Waals surface area contributed by atoms with Crippen molar-refractivity contribution in [2.75, 3.05) is 5.73 Å². The molecule has 0 fully saturated rings. The number of carbonyl (C=O) groups excluding carboxylic acids is 1. The molecule has 4 rings (SSSR count). The average Bonchev–Trinajstić information content (AvgIpc) is 3.38. The fourth-order valence-electron chi connectivity index (χ4n) is 2.66. The predicted molar refractivity (Wildman–Crippen MR) is 110 cm³/mol. The van der Waals surface area contributed by atoms with E-state index in [4.69, 9.17) is 17.3 Å². The number of hydrogen-bond donors (Lipinski definition) is 3. The van der Waals surface area contributed by atoms with Gasteiger partial charge in [-0.05, 0) is 24.3 Å². The molecule has 0 radical (unpaired) electrons. The lowest BCUT2D eigenvalue weighted by molar-refractivity contribution is 0.0954. The van der Waals surface area contributed by atoms with Crippen molar-refractivity contribution in [2.24, 2.45) is 0 Å². The molecule has 3 aromatic heterocycles. The number of nitrogens with zero attached hydrogens (tertiary/aromatic N) is 4. The van der Waals surface area contributed by atoms with E-state index in [0.29, 0.717) is 26.2 Å². The van der Waals surface area contributed by atoms with Crippen LogP contribution in [-0.2, 0) is 6.54 Å². The first-order valence-corrected chi connectivity index (χ1v) is 9.71. The highest BCUT2D eigenvalue weighted by Crippen LogP contribution is 2.23. The number of nitrogen functional groups attached to an aromatic ring is 1. The third kappa shape index (κ3) is 4.07. The summed E-state index contributed by atoms with van der Waals surface area (Å²) >= 11 is 7.02. The number of H-pyrrole nitrogens is 1. The highest BCUT2D eigenvalue weighted by molar-refractivity contribution is 7.17. The molecule has 152 valence electrons. The van der Waals surface area contributed by atoms with E-state index in [1.54, 1.807) is 42.6 Å². The number of hydrogen-bond acceptors (Lipinski definition) is 7. The van der Waals surface area contributed by atoms with Crippen LogP contribution in [0.5, 0.6) is 0 Å². The topological polar surface area (TPSA) is 132 Å². The molecule has 0 saturated carbocycles. The SMILES string of the molecule is Nc1nc(=O)[nH]c(-c2ccc(-n3cc(CNC(=O)c4ccc(Cl)s4)nn3)cc2)c1F. The number of anilines is 1. The van der Waals surface area contributed by atoms with Crippen LogP contribution in [0.25, 0.3) is 16.9 Å². The molecule has 4 N–H and O–H groups in total. The normalized spacial score (nSPS) is 10.9. The summed E-state index contributed by atoms with van der Waals surface area (Å²) in [5.41, 5.74) is 6.25. The first-order chi connectivity index (χ1) is 14.4. The Morgan fingerprint density at radius 3 is 2.73 bits per heavy atom. The number of rotatable bonds is 5. The van der Waals surface area contributed by atoms with Crippen LogP contribution in [0, 0.1) is 5.82 Å². The molecule has 0 aliphatic rings. The van der Waals surface area contributed by atoms with Gasteiger partial charge in [0.1, 0.15) is 5.69 Å². The van der Waals surface area contributed by atoms with Gasteiger partial charge < -0.3 is 16.0 Å². The van der Waals surface area contributed by atoms with Crippen molar-refractivity contribution in [3.8, 4) is 16.9 Å².